The van der Waals surface area contributed by atoms with Crippen molar-refractivity contribution in [3.63, 3.8) is 0 Å². The van der Waals surface area contributed by atoms with E-state index in [-0.39, 0.29) is 24.1 Å². The highest BCUT2D eigenvalue weighted by atomic mass is 35.5. The van der Waals surface area contributed by atoms with Crippen LogP contribution in [0, 0.1) is 12.8 Å². The van der Waals surface area contributed by atoms with Crippen LogP contribution >= 0.6 is 11.6 Å². The summed E-state index contributed by atoms with van der Waals surface area (Å²) in [6.45, 7) is 2.72. The van der Waals surface area contributed by atoms with Gasteiger partial charge in [0.15, 0.2) is 0 Å². The van der Waals surface area contributed by atoms with Gasteiger partial charge in [0.25, 0.3) is 5.78 Å². The number of anilines is 1. The van der Waals surface area contributed by atoms with Gasteiger partial charge in [0, 0.05) is 24.2 Å². The second-order valence-electron chi connectivity index (χ2n) is 6.54. The first-order valence-electron chi connectivity index (χ1n) is 8.42. The molecular formula is C18H19ClF3N5. The molecule has 3 aromatic rings. The van der Waals surface area contributed by atoms with Gasteiger partial charge in [-0.25, -0.2) is 4.98 Å². The lowest BCUT2D eigenvalue weighted by molar-refractivity contribution is -0.120. The largest absolute Gasteiger partial charge is 0.405 e. The molecule has 144 valence electrons. The predicted octanol–water partition coefficient (Wildman–Crippen LogP) is 4.34. The minimum absolute atomic E-state index is 0.126. The summed E-state index contributed by atoms with van der Waals surface area (Å²) in [5.74, 6) is 0.652. The van der Waals surface area contributed by atoms with Crippen LogP contribution in [-0.2, 0) is 0 Å². The number of rotatable bonds is 6. The van der Waals surface area contributed by atoms with Crippen LogP contribution < -0.4 is 4.90 Å². The Morgan fingerprint density at radius 1 is 1.19 bits per heavy atom. The lowest BCUT2D eigenvalue weighted by Crippen LogP contribution is -2.39. The summed E-state index contributed by atoms with van der Waals surface area (Å²) in [5.41, 5.74) is 2.29. The Morgan fingerprint density at radius 3 is 2.59 bits per heavy atom. The molecule has 3 rings (SSSR count). The first-order valence-corrected chi connectivity index (χ1v) is 8.96. The third kappa shape index (κ3) is 4.32. The summed E-state index contributed by atoms with van der Waals surface area (Å²) in [6, 6.07) is 7.48. The maximum absolute atomic E-state index is 13.3. The van der Waals surface area contributed by atoms with Crippen LogP contribution in [0.15, 0.2) is 36.8 Å². The van der Waals surface area contributed by atoms with E-state index >= 15 is 0 Å². The monoisotopic (exact) mass is 397 g/mol. The lowest BCUT2D eigenvalue weighted by atomic mass is 10.0. The molecule has 27 heavy (non-hydrogen) atoms. The van der Waals surface area contributed by atoms with Crippen molar-refractivity contribution in [2.75, 3.05) is 23.9 Å². The standard InChI is InChI=1S/C18H19ClF3N5/c1-12(7-19)9-26(10-18(20,21)22)16-15(14-6-4-3-5-13(14)2)8-23-17-24-11-25-27(16)17/h3-6,8,11-12H,7,9-10H2,1-2H3. The van der Waals surface area contributed by atoms with E-state index in [0.29, 0.717) is 11.4 Å². The van der Waals surface area contributed by atoms with Gasteiger partial charge >= 0.3 is 6.18 Å². The molecule has 0 spiro atoms. The molecule has 0 bridgehead atoms. The Bertz CT molecular complexity index is 925. The first kappa shape index (κ1) is 19.4. The molecule has 0 amide bonds. The lowest BCUT2D eigenvalue weighted by Gasteiger charge is -2.30. The molecule has 0 fully saturated rings. The molecule has 5 nitrogen and oxygen atoms in total. The van der Waals surface area contributed by atoms with E-state index in [1.54, 1.807) is 6.20 Å². The summed E-state index contributed by atoms with van der Waals surface area (Å²) < 4.78 is 41.4. The summed E-state index contributed by atoms with van der Waals surface area (Å²) in [4.78, 5) is 9.54. The van der Waals surface area contributed by atoms with Crippen LogP contribution in [0.2, 0.25) is 0 Å². The molecule has 0 saturated carbocycles. The highest BCUT2D eigenvalue weighted by Gasteiger charge is 2.34. The summed E-state index contributed by atoms with van der Waals surface area (Å²) in [6.07, 6.45) is -1.55. The van der Waals surface area contributed by atoms with Crippen LogP contribution in [0.1, 0.15) is 12.5 Å². The Balaban J connectivity index is 2.23. The smallest absolute Gasteiger partial charge is 0.346 e. The van der Waals surface area contributed by atoms with Crippen molar-refractivity contribution in [1.29, 1.82) is 0 Å². The normalized spacial score (nSPS) is 13.1. The number of alkyl halides is 4. The zero-order chi connectivity index (χ0) is 19.6. The average molecular weight is 398 g/mol. The van der Waals surface area contributed by atoms with Crippen molar-refractivity contribution in [3.05, 3.63) is 42.4 Å². The number of halogens is 4. The van der Waals surface area contributed by atoms with Gasteiger partial charge in [-0.2, -0.15) is 27.8 Å². The Labute approximate surface area is 159 Å². The number of hydrogen-bond donors (Lipinski definition) is 0. The van der Waals surface area contributed by atoms with E-state index in [1.165, 1.54) is 15.7 Å². The molecule has 1 aromatic carbocycles. The molecule has 2 aromatic heterocycles. The topological polar surface area (TPSA) is 46.3 Å². The van der Waals surface area contributed by atoms with Gasteiger partial charge in [-0.15, -0.1) is 11.6 Å². The molecular weight excluding hydrogens is 379 g/mol. The highest BCUT2D eigenvalue weighted by molar-refractivity contribution is 6.18. The van der Waals surface area contributed by atoms with Gasteiger partial charge in [-0.1, -0.05) is 31.2 Å². The molecule has 0 aliphatic rings. The maximum Gasteiger partial charge on any atom is 0.405 e. The van der Waals surface area contributed by atoms with Crippen molar-refractivity contribution < 1.29 is 13.2 Å². The average Bonchev–Trinajstić information content (AvgIpc) is 3.08. The summed E-state index contributed by atoms with van der Waals surface area (Å²) in [7, 11) is 0. The van der Waals surface area contributed by atoms with Gasteiger partial charge in [0.1, 0.15) is 18.7 Å². The molecule has 0 aliphatic carbocycles. The Morgan fingerprint density at radius 2 is 1.93 bits per heavy atom. The summed E-state index contributed by atoms with van der Waals surface area (Å²) >= 11 is 5.88. The minimum Gasteiger partial charge on any atom is -0.346 e. The molecule has 0 saturated heterocycles. The van der Waals surface area contributed by atoms with Crippen molar-refractivity contribution in [2.45, 2.75) is 20.0 Å². The van der Waals surface area contributed by atoms with E-state index < -0.39 is 12.7 Å². The van der Waals surface area contributed by atoms with Gasteiger partial charge < -0.3 is 4.90 Å². The third-order valence-corrected chi connectivity index (χ3v) is 4.71. The highest BCUT2D eigenvalue weighted by Crippen LogP contribution is 2.34. The SMILES string of the molecule is Cc1ccccc1-c1cnc2ncnn2c1N(CC(C)CCl)CC(F)(F)F. The van der Waals surface area contributed by atoms with Gasteiger partial charge in [-0.3, -0.25) is 0 Å². The van der Waals surface area contributed by atoms with E-state index in [1.807, 2.05) is 38.1 Å². The van der Waals surface area contributed by atoms with E-state index in [4.69, 9.17) is 11.6 Å². The van der Waals surface area contributed by atoms with Crippen molar-refractivity contribution in [1.82, 2.24) is 19.6 Å². The van der Waals surface area contributed by atoms with Crippen molar-refractivity contribution >= 4 is 23.2 Å². The quantitative estimate of drug-likeness (QED) is 0.580. The first-order chi connectivity index (χ1) is 12.8. The number of hydrogen-bond acceptors (Lipinski definition) is 4. The fourth-order valence-corrected chi connectivity index (χ4v) is 3.10. The molecule has 1 unspecified atom stereocenters. The summed E-state index contributed by atoms with van der Waals surface area (Å²) in [5, 5.41) is 4.12. The molecule has 0 aliphatic heterocycles. The molecule has 0 radical (unpaired) electrons. The van der Waals surface area contributed by atoms with E-state index in [2.05, 4.69) is 15.1 Å². The maximum atomic E-state index is 13.3. The zero-order valence-electron chi connectivity index (χ0n) is 14.9. The Hall–Kier alpha value is -2.35. The minimum atomic E-state index is -4.38. The molecule has 9 heteroatoms. The van der Waals surface area contributed by atoms with Gasteiger partial charge in [0.05, 0.1) is 0 Å². The van der Waals surface area contributed by atoms with Gasteiger partial charge in [-0.05, 0) is 24.0 Å². The fraction of sp³-hybridized carbons (Fsp3) is 0.389. The second-order valence-corrected chi connectivity index (χ2v) is 6.85. The number of benzene rings is 1. The number of nitrogens with zero attached hydrogens (tertiary/aromatic N) is 5. The fourth-order valence-electron chi connectivity index (χ4n) is 3.00. The van der Waals surface area contributed by atoms with Crippen LogP contribution in [0.4, 0.5) is 19.0 Å². The van der Waals surface area contributed by atoms with Crippen LogP contribution in [0.25, 0.3) is 16.9 Å². The van der Waals surface area contributed by atoms with Crippen molar-refractivity contribution in [2.24, 2.45) is 5.92 Å². The van der Waals surface area contributed by atoms with Gasteiger partial charge in [0.2, 0.25) is 0 Å². The van der Waals surface area contributed by atoms with E-state index in [0.717, 1.165) is 11.1 Å². The van der Waals surface area contributed by atoms with E-state index in [9.17, 15) is 13.2 Å². The number of aryl methyl sites for hydroxylation is 1. The van der Waals surface area contributed by atoms with Crippen LogP contribution in [0.5, 0.6) is 0 Å². The number of aromatic nitrogens is 4. The second kappa shape index (κ2) is 7.72. The molecule has 2 heterocycles. The third-order valence-electron chi connectivity index (χ3n) is 4.18. The van der Waals surface area contributed by atoms with Crippen molar-refractivity contribution in [3.8, 4) is 11.1 Å². The van der Waals surface area contributed by atoms with Crippen LogP contribution in [0.3, 0.4) is 0 Å². The predicted molar refractivity (Wildman–Crippen MR) is 99.1 cm³/mol. The van der Waals surface area contributed by atoms with Crippen LogP contribution in [-0.4, -0.2) is 44.7 Å². The molecule has 1 atom stereocenters. The number of fused-ring (bicyclic) bond motifs is 1. The molecule has 0 N–H and O–H groups in total. The zero-order valence-corrected chi connectivity index (χ0v) is 15.7. The Kier molecular flexibility index (Phi) is 5.55.